The molecule has 0 bridgehead atoms. The summed E-state index contributed by atoms with van der Waals surface area (Å²) in [6, 6.07) is 67.9. The zero-order valence-electron chi connectivity index (χ0n) is 38.8. The average Bonchev–Trinajstić information content (AvgIpc) is 4.04. The second kappa shape index (κ2) is 14.5. The first-order valence-corrected chi connectivity index (χ1v) is 23.5. The summed E-state index contributed by atoms with van der Waals surface area (Å²) in [4.78, 5) is 0. The van der Waals surface area contributed by atoms with Gasteiger partial charge in [-0.05, 0) is 116 Å². The number of para-hydroxylation sites is 2. The van der Waals surface area contributed by atoms with Gasteiger partial charge in [0.2, 0.25) is 0 Å². The average molecular weight is 893 g/mol. The monoisotopic (exact) mass is 892 g/mol. The van der Waals surface area contributed by atoms with E-state index in [4.69, 9.17) is 0 Å². The van der Waals surface area contributed by atoms with Gasteiger partial charge in [-0.25, -0.2) is 0 Å². The van der Waals surface area contributed by atoms with Crippen LogP contribution in [0.25, 0.3) is 99.5 Å². The van der Waals surface area contributed by atoms with E-state index in [1.165, 1.54) is 44.5 Å². The zero-order chi connectivity index (χ0) is 47.8. The van der Waals surface area contributed by atoms with E-state index >= 15 is 0 Å². The Morgan fingerprint density at radius 2 is 0.714 bits per heavy atom. The summed E-state index contributed by atoms with van der Waals surface area (Å²) in [5.41, 5.74) is 17.9. The highest BCUT2D eigenvalue weighted by Crippen LogP contribution is 2.55. The number of rotatable bonds is 4. The van der Waals surface area contributed by atoms with Crippen LogP contribution in [-0.2, 0) is 10.8 Å². The van der Waals surface area contributed by atoms with Crippen molar-refractivity contribution >= 4 is 43.6 Å². The molecule has 13 rings (SSSR count). The normalized spacial score (nSPS) is 13.6. The maximum absolute atomic E-state index is 12.2. The van der Waals surface area contributed by atoms with Crippen molar-refractivity contribution in [1.82, 2.24) is 9.13 Å². The fraction of sp³-hybridized carbons (Fsp3) is 0.0938. The number of hydrogen-bond acceptors (Lipinski definition) is 4. The van der Waals surface area contributed by atoms with Crippen molar-refractivity contribution in [1.29, 1.82) is 21.0 Å². The Kier molecular flexibility index (Phi) is 8.46. The predicted molar refractivity (Wildman–Crippen MR) is 280 cm³/mol. The van der Waals surface area contributed by atoms with Gasteiger partial charge < -0.3 is 9.13 Å². The van der Waals surface area contributed by atoms with Crippen LogP contribution in [0.4, 0.5) is 0 Å². The summed E-state index contributed by atoms with van der Waals surface area (Å²) < 4.78 is 4.40. The zero-order valence-corrected chi connectivity index (χ0v) is 38.8. The summed E-state index contributed by atoms with van der Waals surface area (Å²) in [7, 11) is 0. The van der Waals surface area contributed by atoms with Crippen molar-refractivity contribution < 1.29 is 0 Å². The van der Waals surface area contributed by atoms with E-state index in [9.17, 15) is 21.0 Å². The van der Waals surface area contributed by atoms with Crippen molar-refractivity contribution in [2.75, 3.05) is 0 Å². The van der Waals surface area contributed by atoms with Crippen molar-refractivity contribution in [3.05, 3.63) is 214 Å². The second-order valence-electron chi connectivity index (χ2n) is 19.7. The molecule has 0 atom stereocenters. The number of nitriles is 4. The quantitative estimate of drug-likeness (QED) is 0.175. The van der Waals surface area contributed by atoms with Crippen LogP contribution < -0.4 is 0 Å². The summed E-state index contributed by atoms with van der Waals surface area (Å²) in [5.74, 6) is 0. The molecule has 9 aromatic carbocycles. The van der Waals surface area contributed by atoms with Gasteiger partial charge in [0.05, 0.1) is 67.8 Å². The molecule has 70 heavy (non-hydrogen) atoms. The van der Waals surface area contributed by atoms with Gasteiger partial charge in [-0.15, -0.1) is 0 Å². The predicted octanol–water partition coefficient (Wildman–Crippen LogP) is 15.3. The van der Waals surface area contributed by atoms with Gasteiger partial charge in [0.1, 0.15) is 12.1 Å². The van der Waals surface area contributed by atoms with Crippen LogP contribution in [0.5, 0.6) is 0 Å². The lowest BCUT2D eigenvalue weighted by Crippen LogP contribution is -2.15. The Hall–Kier alpha value is -9.46. The van der Waals surface area contributed by atoms with E-state index in [0.29, 0.717) is 55.9 Å². The van der Waals surface area contributed by atoms with Gasteiger partial charge >= 0.3 is 0 Å². The van der Waals surface area contributed by atoms with Gasteiger partial charge in [-0.3, -0.25) is 0 Å². The van der Waals surface area contributed by atoms with Crippen LogP contribution in [0.15, 0.2) is 170 Å². The van der Waals surface area contributed by atoms with Crippen LogP contribution >= 0.6 is 0 Å². The number of nitrogens with zero attached hydrogens (tertiary/aromatic N) is 6. The Labute approximate surface area is 405 Å². The Balaban J connectivity index is 1.25. The second-order valence-corrected chi connectivity index (χ2v) is 19.7. The van der Waals surface area contributed by atoms with Crippen LogP contribution in [0.1, 0.15) is 72.2 Å². The first kappa shape index (κ1) is 40.8. The third-order valence-electron chi connectivity index (χ3n) is 15.5. The summed E-state index contributed by atoms with van der Waals surface area (Å²) in [6.45, 7) is 9.08. The van der Waals surface area contributed by atoms with Gasteiger partial charge in [-0.2, -0.15) is 21.0 Å². The highest BCUT2D eigenvalue weighted by molar-refractivity contribution is 6.15. The molecule has 6 nitrogen and oxygen atoms in total. The molecule has 11 aromatic rings. The summed E-state index contributed by atoms with van der Waals surface area (Å²) in [6.07, 6.45) is 0. The minimum absolute atomic E-state index is 0.322. The standard InChI is InChI=1S/C64H40N6/c1-63(2)51-17-9-5-13-41(51)45-29-47-43-15-7-11-19-55(43)69(57(47)31-53(45)63)61-49(35-67)60(40-27-23-38(34-66)24-28-40)62(50(36-68)59(61)39-25-21-37(33-65)22-26-39)70-56-20-12-8-16-44(56)48-30-46-42-14-6-10-18-52(42)64(3,4)54(46)32-58(48)70/h5-32H,1-4H3. The number of benzene rings is 9. The van der Waals surface area contributed by atoms with Crippen molar-refractivity contribution in [2.24, 2.45) is 0 Å². The molecule has 0 unspecified atom stereocenters. The lowest BCUT2D eigenvalue weighted by molar-refractivity contribution is 0.661. The van der Waals surface area contributed by atoms with Crippen LogP contribution in [-0.4, -0.2) is 9.13 Å². The van der Waals surface area contributed by atoms with E-state index in [1.54, 1.807) is 24.3 Å². The summed E-state index contributed by atoms with van der Waals surface area (Å²) >= 11 is 0. The van der Waals surface area contributed by atoms with Crippen LogP contribution in [0.3, 0.4) is 0 Å². The topological polar surface area (TPSA) is 105 Å². The third kappa shape index (κ3) is 5.34. The third-order valence-corrected chi connectivity index (χ3v) is 15.5. The van der Waals surface area contributed by atoms with Crippen molar-refractivity contribution in [2.45, 2.75) is 38.5 Å². The molecule has 0 spiro atoms. The first-order valence-electron chi connectivity index (χ1n) is 23.5. The molecule has 0 amide bonds. The Bertz CT molecular complexity index is 4040. The molecule has 0 saturated carbocycles. The maximum atomic E-state index is 12.2. The van der Waals surface area contributed by atoms with Gasteiger partial charge in [0, 0.05) is 43.5 Å². The number of fused-ring (bicyclic) bond motifs is 12. The molecule has 2 aliphatic carbocycles. The molecule has 6 heteroatoms. The molecule has 326 valence electrons. The number of hydrogen-bond donors (Lipinski definition) is 0. The van der Waals surface area contributed by atoms with E-state index in [0.717, 1.165) is 43.6 Å². The van der Waals surface area contributed by atoms with Gasteiger partial charge in [0.25, 0.3) is 0 Å². The molecule has 0 aliphatic heterocycles. The molecule has 2 heterocycles. The lowest BCUT2D eigenvalue weighted by Gasteiger charge is -2.26. The largest absolute Gasteiger partial charge is 0.307 e. The molecule has 0 saturated heterocycles. The molecular formula is C64H40N6. The van der Waals surface area contributed by atoms with Gasteiger partial charge in [0.15, 0.2) is 0 Å². The van der Waals surface area contributed by atoms with Crippen molar-refractivity contribution in [3.8, 4) is 80.2 Å². The lowest BCUT2D eigenvalue weighted by atomic mass is 9.82. The molecular weight excluding hydrogens is 853 g/mol. The SMILES string of the molecule is CC1(C)c2ccccc2-c2cc3c4ccccc4n(-c4c(C#N)c(-c5ccc(C#N)cc5)c(-n5c6ccccc6c6cc7c(cc65)C(C)(C)c5ccccc5-7)c(C#N)c4-c4ccc(C#N)cc4)c3cc21. The van der Waals surface area contributed by atoms with E-state index in [-0.39, 0.29) is 10.8 Å². The molecule has 0 radical (unpaired) electrons. The number of aromatic nitrogens is 2. The molecule has 2 aliphatic rings. The fourth-order valence-electron chi connectivity index (χ4n) is 12.2. The smallest absolute Gasteiger partial charge is 0.102 e. The van der Waals surface area contributed by atoms with Crippen molar-refractivity contribution in [3.63, 3.8) is 0 Å². The highest BCUT2D eigenvalue weighted by atomic mass is 15.0. The summed E-state index contributed by atoms with van der Waals surface area (Å²) in [5, 5.41) is 48.6. The highest BCUT2D eigenvalue weighted by Gasteiger charge is 2.39. The Morgan fingerprint density at radius 1 is 0.343 bits per heavy atom. The van der Waals surface area contributed by atoms with E-state index < -0.39 is 0 Å². The molecule has 2 aromatic heterocycles. The maximum Gasteiger partial charge on any atom is 0.102 e. The van der Waals surface area contributed by atoms with Crippen LogP contribution in [0, 0.1) is 45.3 Å². The Morgan fingerprint density at radius 3 is 1.10 bits per heavy atom. The molecule has 0 fully saturated rings. The van der Waals surface area contributed by atoms with E-state index in [1.807, 2.05) is 36.4 Å². The minimum atomic E-state index is -0.322. The molecule has 0 N–H and O–H groups in total. The first-order chi connectivity index (χ1) is 34.1. The minimum Gasteiger partial charge on any atom is -0.307 e. The van der Waals surface area contributed by atoms with Crippen LogP contribution in [0.2, 0.25) is 0 Å². The van der Waals surface area contributed by atoms with Gasteiger partial charge in [-0.1, -0.05) is 137 Å². The van der Waals surface area contributed by atoms with E-state index in [2.05, 4.69) is 170 Å². The fourth-order valence-corrected chi connectivity index (χ4v) is 12.2.